The number of anilines is 1. The number of nitrogens with zero attached hydrogens (tertiary/aromatic N) is 1. The molecule has 2 aliphatic heterocycles. The second kappa shape index (κ2) is 10.4. The Balaban J connectivity index is 1.46. The topological polar surface area (TPSA) is 207 Å². The Hall–Kier alpha value is -5.05. The fourth-order valence-corrected chi connectivity index (χ4v) is 6.84. The number of phenolic OH excluding ortho intramolecular Hbond substituents is 1. The van der Waals surface area contributed by atoms with Gasteiger partial charge in [0.15, 0.2) is 0 Å². The highest BCUT2D eigenvalue weighted by Crippen LogP contribution is 2.55. The van der Waals surface area contributed by atoms with E-state index in [-0.39, 0.29) is 17.0 Å². The number of para-hydroxylation sites is 1. The van der Waals surface area contributed by atoms with Crippen molar-refractivity contribution in [1.29, 1.82) is 0 Å². The van der Waals surface area contributed by atoms with Gasteiger partial charge in [-0.3, -0.25) is 19.3 Å². The summed E-state index contributed by atoms with van der Waals surface area (Å²) in [6.45, 7) is 3.06. The number of carbonyl (C=O) groups is 5. The van der Waals surface area contributed by atoms with Gasteiger partial charge in [0.05, 0.1) is 4.75 Å². The second-order valence-corrected chi connectivity index (χ2v) is 11.8. The molecule has 0 bridgehead atoms. The highest BCUT2D eigenvalue weighted by molar-refractivity contribution is 8.01. The molecular weight excluding hydrogens is 570 g/mol. The summed E-state index contributed by atoms with van der Waals surface area (Å²) in [6, 6.07) is 9.72. The third kappa shape index (κ3) is 4.56. The van der Waals surface area contributed by atoms with Crippen molar-refractivity contribution in [3.63, 3.8) is 0 Å². The van der Waals surface area contributed by atoms with Crippen molar-refractivity contribution in [2.75, 3.05) is 5.32 Å². The number of hydrogen-bond donors (Lipinski definition) is 6. The van der Waals surface area contributed by atoms with Crippen molar-refractivity contribution in [2.24, 2.45) is 0 Å². The maximum Gasteiger partial charge on any atom is 0.360 e. The molecule has 6 N–H and O–H groups in total. The summed E-state index contributed by atoms with van der Waals surface area (Å²) in [7, 11) is 0. The molecule has 15 heteroatoms. The van der Waals surface area contributed by atoms with E-state index in [1.54, 1.807) is 24.3 Å². The van der Waals surface area contributed by atoms with Gasteiger partial charge in [0, 0.05) is 5.39 Å². The number of rotatable bonds is 8. The number of hydrogen-bond acceptors (Lipinski definition) is 9. The lowest BCUT2D eigenvalue weighted by Gasteiger charge is -2.49. The zero-order valence-corrected chi connectivity index (χ0v) is 22.9. The molecule has 5 rings (SSSR count). The lowest BCUT2D eigenvalue weighted by molar-refractivity contribution is -0.176. The molecular formula is C27H25N5O9S. The fraction of sp³-hybridized carbons (Fsp3) is 0.259. The van der Waals surface area contributed by atoms with Crippen molar-refractivity contribution >= 4 is 58.6 Å². The van der Waals surface area contributed by atoms with Crippen LogP contribution in [-0.4, -0.2) is 67.2 Å². The molecule has 2 fully saturated rings. The minimum absolute atomic E-state index is 0.130. The van der Waals surface area contributed by atoms with Gasteiger partial charge in [-0.2, -0.15) is 0 Å². The van der Waals surface area contributed by atoms with Gasteiger partial charge in [-0.15, -0.1) is 11.8 Å². The predicted octanol–water partition coefficient (Wildman–Crippen LogP) is 1.07. The monoisotopic (exact) mass is 595 g/mol. The zero-order chi connectivity index (χ0) is 30.4. The van der Waals surface area contributed by atoms with Gasteiger partial charge in [-0.25, -0.2) is 14.4 Å². The van der Waals surface area contributed by atoms with Crippen LogP contribution in [0, 0.1) is 0 Å². The Bertz CT molecular complexity index is 1670. The number of nitrogens with one attached hydrogen (secondary N) is 4. The largest absolute Gasteiger partial charge is 0.508 e. The summed E-state index contributed by atoms with van der Waals surface area (Å²) in [6.07, 6.45) is 0.340. The molecule has 0 spiro atoms. The molecule has 4 atom stereocenters. The minimum atomic E-state index is -2.26. The van der Waals surface area contributed by atoms with E-state index in [2.05, 4.69) is 21.3 Å². The average Bonchev–Trinajstić information content (AvgIpc) is 3.15. The molecule has 1 aromatic heterocycles. The van der Waals surface area contributed by atoms with Crippen molar-refractivity contribution in [3.05, 3.63) is 70.6 Å². The van der Waals surface area contributed by atoms with E-state index in [0.29, 0.717) is 17.4 Å². The molecule has 2 saturated heterocycles. The fourth-order valence-electron chi connectivity index (χ4n) is 5.13. The van der Waals surface area contributed by atoms with Crippen LogP contribution in [0.1, 0.15) is 25.5 Å². The van der Waals surface area contributed by atoms with Gasteiger partial charge in [0.25, 0.3) is 5.91 Å². The zero-order valence-electron chi connectivity index (χ0n) is 22.1. The first-order valence-electron chi connectivity index (χ1n) is 12.5. The van der Waals surface area contributed by atoms with Crippen LogP contribution in [0.2, 0.25) is 0 Å². The number of urea groups is 1. The quantitative estimate of drug-likeness (QED) is 0.124. The minimum Gasteiger partial charge on any atom is -0.508 e. The average molecular weight is 596 g/mol. The lowest BCUT2D eigenvalue weighted by atomic mass is 9.88. The molecule has 0 aliphatic carbocycles. The molecule has 42 heavy (non-hydrogen) atoms. The Morgan fingerprint density at radius 1 is 1.10 bits per heavy atom. The number of aliphatic carboxylic acids is 1. The lowest BCUT2D eigenvalue weighted by Crippen LogP contribution is -2.80. The summed E-state index contributed by atoms with van der Waals surface area (Å²) in [5.41, 5.74) is -2.86. The SMILES string of the molecule is CC1(C)S[C@@H]2[C@H](NC=O)C(=O)N2[C@@]1(NC(=O)C(NC(=O)Nc1cc2ccccc2oc1=O)c1ccc(O)cc1)C(=O)O. The molecule has 2 aromatic carbocycles. The number of phenols is 1. The van der Waals surface area contributed by atoms with E-state index >= 15 is 0 Å². The van der Waals surface area contributed by atoms with Gasteiger partial charge in [0.1, 0.15) is 34.5 Å². The number of fused-ring (bicyclic) bond motifs is 2. The number of benzene rings is 2. The van der Waals surface area contributed by atoms with Gasteiger partial charge >= 0.3 is 17.6 Å². The number of amides is 5. The first-order chi connectivity index (χ1) is 19.9. The summed E-state index contributed by atoms with van der Waals surface area (Å²) in [5.74, 6) is -3.37. The van der Waals surface area contributed by atoms with E-state index in [9.17, 15) is 39.0 Å². The van der Waals surface area contributed by atoms with Crippen molar-refractivity contribution in [2.45, 2.75) is 41.7 Å². The Morgan fingerprint density at radius 2 is 1.79 bits per heavy atom. The standard InChI is InChI=1S/C27H25N5O9S/c1-26(2)27(24(38)39,32-21(36)19(28-12-33)22(32)42-26)31-20(35)18(13-7-9-15(34)10-8-13)30-25(40)29-16-11-14-5-3-4-6-17(14)41-23(16)37/h3-12,18-19,22,34H,1-2H3,(H,28,33)(H,31,35)(H,38,39)(H2,29,30,40)/t18?,19-,22-,27+/m1/s1. The van der Waals surface area contributed by atoms with E-state index in [1.165, 1.54) is 44.2 Å². The molecule has 14 nitrogen and oxygen atoms in total. The van der Waals surface area contributed by atoms with Crippen LogP contribution in [-0.2, 0) is 19.2 Å². The second-order valence-electron chi connectivity index (χ2n) is 10.1. The first kappa shape index (κ1) is 28.5. The highest BCUT2D eigenvalue weighted by atomic mass is 32.2. The molecule has 0 saturated carbocycles. The normalized spacial score (nSPS) is 22.8. The third-order valence-corrected chi connectivity index (χ3v) is 8.82. The van der Waals surface area contributed by atoms with E-state index in [1.807, 2.05) is 0 Å². The summed E-state index contributed by atoms with van der Waals surface area (Å²) < 4.78 is 3.93. The van der Waals surface area contributed by atoms with Gasteiger partial charge in [-0.05, 0) is 43.7 Å². The van der Waals surface area contributed by atoms with Gasteiger partial charge in [0.2, 0.25) is 18.0 Å². The number of thioether (sulfide) groups is 1. The molecule has 1 unspecified atom stereocenters. The van der Waals surface area contributed by atoms with Crippen molar-refractivity contribution in [3.8, 4) is 5.75 Å². The molecule has 218 valence electrons. The van der Waals surface area contributed by atoms with Gasteiger partial charge in [-0.1, -0.05) is 30.3 Å². The molecule has 3 heterocycles. The number of aromatic hydroxyl groups is 1. The van der Waals surface area contributed by atoms with E-state index in [0.717, 1.165) is 16.7 Å². The maximum absolute atomic E-state index is 13.8. The van der Waals surface area contributed by atoms with Gasteiger partial charge < -0.3 is 35.9 Å². The number of carboxylic acid groups (broad SMARTS) is 1. The van der Waals surface area contributed by atoms with E-state index < -0.39 is 57.3 Å². The predicted molar refractivity (Wildman–Crippen MR) is 149 cm³/mol. The van der Waals surface area contributed by atoms with Crippen molar-refractivity contribution < 1.29 is 38.6 Å². The Kier molecular flexibility index (Phi) is 7.06. The third-order valence-electron chi connectivity index (χ3n) is 7.21. The molecule has 2 aliphatic rings. The molecule has 0 radical (unpaired) electrons. The smallest absolute Gasteiger partial charge is 0.360 e. The van der Waals surface area contributed by atoms with Crippen LogP contribution < -0.4 is 26.9 Å². The summed E-state index contributed by atoms with van der Waals surface area (Å²) in [5, 5.41) is 29.5. The first-order valence-corrected chi connectivity index (χ1v) is 13.4. The Labute approximate surface area is 241 Å². The summed E-state index contributed by atoms with van der Waals surface area (Å²) >= 11 is 1.08. The Morgan fingerprint density at radius 3 is 2.45 bits per heavy atom. The summed E-state index contributed by atoms with van der Waals surface area (Å²) in [4.78, 5) is 77.1. The van der Waals surface area contributed by atoms with Crippen LogP contribution in [0.5, 0.6) is 5.75 Å². The van der Waals surface area contributed by atoms with Crippen LogP contribution in [0.15, 0.2) is 63.8 Å². The van der Waals surface area contributed by atoms with Crippen LogP contribution in [0.4, 0.5) is 10.5 Å². The van der Waals surface area contributed by atoms with Crippen molar-refractivity contribution in [1.82, 2.24) is 20.9 Å². The molecule has 3 aromatic rings. The van der Waals surface area contributed by atoms with E-state index in [4.69, 9.17) is 4.42 Å². The van der Waals surface area contributed by atoms with Crippen LogP contribution >= 0.6 is 11.8 Å². The number of carboxylic acids is 1. The maximum atomic E-state index is 13.8. The molecule has 5 amide bonds. The number of β-lactam (4-membered cyclic amide) rings is 1. The van der Waals surface area contributed by atoms with Crippen LogP contribution in [0.3, 0.4) is 0 Å². The highest BCUT2D eigenvalue weighted by Gasteiger charge is 2.74. The number of carbonyl (C=O) groups excluding carboxylic acids is 4. The van der Waals surface area contributed by atoms with Crippen LogP contribution in [0.25, 0.3) is 11.0 Å².